The normalized spacial score (nSPS) is 11.1. The zero-order valence-electron chi connectivity index (χ0n) is 11.0. The fraction of sp³-hybridized carbons (Fsp3) is 0. The van der Waals surface area contributed by atoms with Crippen molar-refractivity contribution in [2.75, 3.05) is 0 Å². The summed E-state index contributed by atoms with van der Waals surface area (Å²) in [6, 6.07) is 18.2. The Hall–Kier alpha value is -2.52. The van der Waals surface area contributed by atoms with Gasteiger partial charge in [-0.2, -0.15) is 4.98 Å². The lowest BCUT2D eigenvalue weighted by Gasteiger charge is -2.08. The second-order valence-electron chi connectivity index (χ2n) is 4.74. The monoisotopic (exact) mass is 291 g/mol. The quantitative estimate of drug-likeness (QED) is 0.485. The Morgan fingerprint density at radius 3 is 2.52 bits per heavy atom. The first-order valence-electron chi connectivity index (χ1n) is 6.59. The lowest BCUT2D eigenvalue weighted by Crippen LogP contribution is -1.93. The minimum absolute atomic E-state index is 0.212. The Balaban J connectivity index is 2.14. The van der Waals surface area contributed by atoms with E-state index in [0.717, 1.165) is 22.0 Å². The number of halogens is 1. The Morgan fingerprint density at radius 2 is 1.57 bits per heavy atom. The summed E-state index contributed by atoms with van der Waals surface area (Å²) in [7, 11) is 0. The third kappa shape index (κ3) is 2.03. The number of nitrogens with zero attached hydrogens (tertiary/aromatic N) is 3. The third-order valence-corrected chi connectivity index (χ3v) is 3.66. The summed E-state index contributed by atoms with van der Waals surface area (Å²) in [6.07, 6.45) is 1.71. The molecule has 2 aromatic carbocycles. The number of rotatable bonds is 1. The van der Waals surface area contributed by atoms with Crippen molar-refractivity contribution < 1.29 is 0 Å². The van der Waals surface area contributed by atoms with E-state index in [1.807, 2.05) is 36.4 Å². The number of fused-ring (bicyclic) bond motifs is 2. The van der Waals surface area contributed by atoms with Crippen molar-refractivity contribution >= 4 is 33.4 Å². The molecule has 2 aromatic heterocycles. The first kappa shape index (κ1) is 12.2. The Kier molecular flexibility index (Phi) is 2.79. The molecule has 0 atom stereocenters. The Labute approximate surface area is 126 Å². The van der Waals surface area contributed by atoms with Crippen LogP contribution in [0.3, 0.4) is 0 Å². The van der Waals surface area contributed by atoms with Gasteiger partial charge in [0.2, 0.25) is 5.28 Å². The van der Waals surface area contributed by atoms with Crippen molar-refractivity contribution in [2.24, 2.45) is 0 Å². The summed E-state index contributed by atoms with van der Waals surface area (Å²) in [5.74, 6) is 0. The van der Waals surface area contributed by atoms with Crippen LogP contribution in [0.1, 0.15) is 0 Å². The zero-order valence-corrected chi connectivity index (χ0v) is 11.7. The van der Waals surface area contributed by atoms with Crippen LogP contribution in [-0.4, -0.2) is 15.0 Å². The fourth-order valence-electron chi connectivity index (χ4n) is 2.57. The number of hydrogen-bond donors (Lipinski definition) is 0. The van der Waals surface area contributed by atoms with Crippen LogP contribution < -0.4 is 0 Å². The molecule has 4 heteroatoms. The van der Waals surface area contributed by atoms with Crippen LogP contribution in [0.4, 0.5) is 0 Å². The van der Waals surface area contributed by atoms with Crippen LogP contribution in [0.25, 0.3) is 33.1 Å². The molecule has 3 nitrogen and oxygen atoms in total. The number of hydrogen-bond acceptors (Lipinski definition) is 3. The maximum Gasteiger partial charge on any atom is 0.225 e. The molecular formula is C17H10ClN3. The van der Waals surface area contributed by atoms with Crippen LogP contribution in [-0.2, 0) is 0 Å². The topological polar surface area (TPSA) is 38.7 Å². The van der Waals surface area contributed by atoms with Crippen LogP contribution in [0.5, 0.6) is 0 Å². The minimum atomic E-state index is 0.212. The van der Waals surface area contributed by atoms with E-state index in [-0.39, 0.29) is 5.28 Å². The predicted octanol–water partition coefficient (Wildman–Crippen LogP) is 4.50. The molecule has 0 aliphatic carbocycles. The minimum Gasteiger partial charge on any atom is -0.236 e. The molecule has 100 valence electrons. The summed E-state index contributed by atoms with van der Waals surface area (Å²) in [5, 5.41) is 3.42. The third-order valence-electron chi connectivity index (χ3n) is 3.49. The van der Waals surface area contributed by atoms with E-state index >= 15 is 0 Å². The molecule has 0 saturated heterocycles. The van der Waals surface area contributed by atoms with Crippen molar-refractivity contribution in [1.82, 2.24) is 15.0 Å². The van der Waals surface area contributed by atoms with Gasteiger partial charge in [-0.1, -0.05) is 42.5 Å². The molecule has 0 N–H and O–H groups in total. The van der Waals surface area contributed by atoms with Crippen LogP contribution in [0.2, 0.25) is 5.28 Å². The summed E-state index contributed by atoms with van der Waals surface area (Å²) in [4.78, 5) is 12.9. The van der Waals surface area contributed by atoms with Gasteiger partial charge in [-0.05, 0) is 34.5 Å². The zero-order chi connectivity index (χ0) is 14.2. The average molecular weight is 292 g/mol. The standard InChI is InChI=1S/C17H10ClN3/c18-17-20-15(14-9-4-10-19-16(14)21-17)13-8-3-6-11-5-1-2-7-12(11)13/h1-10H. The van der Waals surface area contributed by atoms with Gasteiger partial charge < -0.3 is 0 Å². The second kappa shape index (κ2) is 4.79. The van der Waals surface area contributed by atoms with Gasteiger partial charge in [0, 0.05) is 17.1 Å². The molecule has 4 aromatic rings. The van der Waals surface area contributed by atoms with E-state index < -0.39 is 0 Å². The van der Waals surface area contributed by atoms with E-state index in [9.17, 15) is 0 Å². The van der Waals surface area contributed by atoms with Gasteiger partial charge in [0.15, 0.2) is 5.65 Å². The van der Waals surface area contributed by atoms with Crippen LogP contribution >= 0.6 is 11.6 Å². The Bertz CT molecular complexity index is 961. The molecule has 0 unspecified atom stereocenters. The van der Waals surface area contributed by atoms with E-state index in [2.05, 4.69) is 33.2 Å². The highest BCUT2D eigenvalue weighted by Gasteiger charge is 2.11. The average Bonchev–Trinajstić information content (AvgIpc) is 2.53. The van der Waals surface area contributed by atoms with Crippen molar-refractivity contribution in [3.05, 3.63) is 66.1 Å². The van der Waals surface area contributed by atoms with Crippen LogP contribution in [0, 0.1) is 0 Å². The Morgan fingerprint density at radius 1 is 0.762 bits per heavy atom. The lowest BCUT2D eigenvalue weighted by molar-refractivity contribution is 1.19. The highest BCUT2D eigenvalue weighted by Crippen LogP contribution is 2.31. The first-order valence-corrected chi connectivity index (χ1v) is 6.97. The highest BCUT2D eigenvalue weighted by atomic mass is 35.5. The van der Waals surface area contributed by atoms with Gasteiger partial charge in [0.1, 0.15) is 0 Å². The van der Waals surface area contributed by atoms with Crippen LogP contribution in [0.15, 0.2) is 60.8 Å². The summed E-state index contributed by atoms with van der Waals surface area (Å²) in [6.45, 7) is 0. The fourth-order valence-corrected chi connectivity index (χ4v) is 2.74. The maximum atomic E-state index is 6.06. The van der Waals surface area contributed by atoms with E-state index in [0.29, 0.717) is 5.65 Å². The van der Waals surface area contributed by atoms with Gasteiger partial charge in [-0.3, -0.25) is 0 Å². The molecule has 0 radical (unpaired) electrons. The molecule has 0 amide bonds. The number of pyridine rings is 1. The van der Waals surface area contributed by atoms with E-state index in [4.69, 9.17) is 11.6 Å². The molecule has 4 rings (SSSR count). The number of aromatic nitrogens is 3. The molecule has 21 heavy (non-hydrogen) atoms. The number of benzene rings is 2. The summed E-state index contributed by atoms with van der Waals surface area (Å²) >= 11 is 6.06. The van der Waals surface area contributed by atoms with Crippen molar-refractivity contribution in [3.8, 4) is 11.3 Å². The van der Waals surface area contributed by atoms with Crippen molar-refractivity contribution in [1.29, 1.82) is 0 Å². The van der Waals surface area contributed by atoms with Gasteiger partial charge in [-0.15, -0.1) is 0 Å². The first-order chi connectivity index (χ1) is 10.3. The molecule has 2 heterocycles. The largest absolute Gasteiger partial charge is 0.236 e. The van der Waals surface area contributed by atoms with E-state index in [1.54, 1.807) is 6.20 Å². The molecular weight excluding hydrogens is 282 g/mol. The summed E-state index contributed by atoms with van der Waals surface area (Å²) in [5.41, 5.74) is 2.46. The molecule has 0 spiro atoms. The van der Waals surface area contributed by atoms with Gasteiger partial charge >= 0.3 is 0 Å². The van der Waals surface area contributed by atoms with Gasteiger partial charge in [0.05, 0.1) is 5.69 Å². The SMILES string of the molecule is Clc1nc(-c2cccc3ccccc23)c2cccnc2n1. The molecule has 0 fully saturated rings. The van der Waals surface area contributed by atoms with Crippen molar-refractivity contribution in [2.45, 2.75) is 0 Å². The molecule has 0 aliphatic heterocycles. The lowest BCUT2D eigenvalue weighted by atomic mass is 10.0. The smallest absolute Gasteiger partial charge is 0.225 e. The second-order valence-corrected chi connectivity index (χ2v) is 5.08. The van der Waals surface area contributed by atoms with Gasteiger partial charge in [-0.25, -0.2) is 9.97 Å². The highest BCUT2D eigenvalue weighted by molar-refractivity contribution is 6.28. The molecule has 0 aliphatic rings. The maximum absolute atomic E-state index is 6.06. The predicted molar refractivity (Wildman–Crippen MR) is 85.3 cm³/mol. The molecule has 0 saturated carbocycles. The van der Waals surface area contributed by atoms with Crippen molar-refractivity contribution in [3.63, 3.8) is 0 Å². The summed E-state index contributed by atoms with van der Waals surface area (Å²) < 4.78 is 0. The molecule has 0 bridgehead atoms. The van der Waals surface area contributed by atoms with Gasteiger partial charge in [0.25, 0.3) is 0 Å². The van der Waals surface area contributed by atoms with E-state index in [1.165, 1.54) is 5.39 Å².